The van der Waals surface area contributed by atoms with E-state index in [9.17, 15) is 24.0 Å². The highest BCUT2D eigenvalue weighted by Gasteiger charge is 2.35. The van der Waals surface area contributed by atoms with Crippen LogP contribution >= 0.6 is 11.3 Å². The van der Waals surface area contributed by atoms with Crippen LogP contribution in [0.3, 0.4) is 0 Å². The van der Waals surface area contributed by atoms with Crippen LogP contribution in [0.25, 0.3) is 0 Å². The van der Waals surface area contributed by atoms with Crippen LogP contribution in [-0.4, -0.2) is 59.3 Å². The van der Waals surface area contributed by atoms with Crippen molar-refractivity contribution >= 4 is 40.9 Å². The zero-order chi connectivity index (χ0) is 29.2. The number of ketones is 1. The highest BCUT2D eigenvalue weighted by atomic mass is 32.1. The molecule has 4 amide bonds. The smallest absolute Gasteiger partial charge is 0.410 e. The number of nitrogens with one attached hydrogen (secondary N) is 4. The molecule has 12 heteroatoms. The molecular weight excluding hydrogens is 534 g/mol. The lowest BCUT2D eigenvalue weighted by Crippen LogP contribution is -2.57. The quantitative estimate of drug-likeness (QED) is 0.269. The van der Waals surface area contributed by atoms with E-state index in [0.717, 1.165) is 11.3 Å². The van der Waals surface area contributed by atoms with Crippen molar-refractivity contribution in [3.8, 4) is 5.75 Å². The van der Waals surface area contributed by atoms with E-state index in [1.54, 1.807) is 49.6 Å². The zero-order valence-corrected chi connectivity index (χ0v) is 24.0. The first-order valence-electron chi connectivity index (χ1n) is 13.4. The average molecular weight is 572 g/mol. The first-order chi connectivity index (χ1) is 19.0. The van der Waals surface area contributed by atoms with Crippen LogP contribution in [0.15, 0.2) is 41.9 Å². The molecule has 1 aromatic carbocycles. The van der Waals surface area contributed by atoms with Gasteiger partial charge in [0, 0.05) is 24.0 Å². The van der Waals surface area contributed by atoms with Crippen molar-refractivity contribution in [3.63, 3.8) is 0 Å². The Kier molecular flexibility index (Phi) is 11.2. The molecule has 2 aromatic rings. The topological polar surface area (TPSA) is 156 Å². The van der Waals surface area contributed by atoms with Crippen molar-refractivity contribution in [2.24, 2.45) is 17.8 Å². The maximum atomic E-state index is 13.5. The van der Waals surface area contributed by atoms with Gasteiger partial charge in [0.05, 0.1) is 6.04 Å². The summed E-state index contributed by atoms with van der Waals surface area (Å²) in [5.74, 6) is -2.04. The minimum Gasteiger partial charge on any atom is -0.410 e. The Balaban J connectivity index is 1.72. The second kappa shape index (κ2) is 14.5. The molecule has 1 aliphatic rings. The first-order valence-corrected chi connectivity index (χ1v) is 14.3. The number of nitrogens with zero attached hydrogens (tertiary/aromatic N) is 1. The van der Waals surface area contributed by atoms with Crippen LogP contribution < -0.4 is 26.0 Å². The minimum atomic E-state index is -0.987. The van der Waals surface area contributed by atoms with Crippen molar-refractivity contribution in [1.29, 1.82) is 0 Å². The fraction of sp³-hybridized carbons (Fsp3) is 0.500. The summed E-state index contributed by atoms with van der Waals surface area (Å²) < 4.78 is 5.26. The Hall–Kier alpha value is -3.80. The van der Waals surface area contributed by atoms with Gasteiger partial charge in [-0.25, -0.2) is 9.78 Å². The number of hydrogen-bond donors (Lipinski definition) is 4. The molecular formula is C28H37N5O6S. The summed E-state index contributed by atoms with van der Waals surface area (Å²) in [5, 5.41) is 12.8. The lowest BCUT2D eigenvalue weighted by Gasteiger charge is -2.27. The van der Waals surface area contributed by atoms with Gasteiger partial charge in [0.1, 0.15) is 17.8 Å². The lowest BCUT2D eigenvalue weighted by molar-refractivity contribution is -0.131. The van der Waals surface area contributed by atoms with Gasteiger partial charge in [0.25, 0.3) is 0 Å². The van der Waals surface area contributed by atoms with Gasteiger partial charge in [-0.3, -0.25) is 19.2 Å². The summed E-state index contributed by atoms with van der Waals surface area (Å²) in [5.41, 5.74) is 0. The lowest BCUT2D eigenvalue weighted by atomic mass is 9.95. The van der Waals surface area contributed by atoms with Crippen LogP contribution in [0.4, 0.5) is 4.79 Å². The van der Waals surface area contributed by atoms with Crippen molar-refractivity contribution in [2.75, 3.05) is 6.54 Å². The Morgan fingerprint density at radius 1 is 1.02 bits per heavy atom. The molecule has 0 saturated carbocycles. The number of rotatable bonds is 13. The van der Waals surface area contributed by atoms with Gasteiger partial charge in [-0.1, -0.05) is 45.9 Å². The van der Waals surface area contributed by atoms with Crippen molar-refractivity contribution in [1.82, 2.24) is 26.3 Å². The van der Waals surface area contributed by atoms with Crippen molar-refractivity contribution in [3.05, 3.63) is 46.9 Å². The van der Waals surface area contributed by atoms with Crippen molar-refractivity contribution < 1.29 is 28.7 Å². The second-order valence-corrected chi connectivity index (χ2v) is 11.4. The molecule has 2 heterocycles. The number of Topliss-reactive ketones (excluding diaryl/α,β-unsaturated/α-hetero) is 1. The van der Waals surface area contributed by atoms with E-state index in [1.807, 2.05) is 13.8 Å². The van der Waals surface area contributed by atoms with E-state index >= 15 is 0 Å². The van der Waals surface area contributed by atoms with E-state index in [2.05, 4.69) is 26.3 Å². The van der Waals surface area contributed by atoms with E-state index in [4.69, 9.17) is 4.74 Å². The number of hydrogen-bond acceptors (Lipinski definition) is 8. The van der Waals surface area contributed by atoms with Crippen LogP contribution in [0.5, 0.6) is 5.75 Å². The molecule has 11 nitrogen and oxygen atoms in total. The van der Waals surface area contributed by atoms with Crippen LogP contribution in [0, 0.1) is 17.8 Å². The van der Waals surface area contributed by atoms with Gasteiger partial charge in [-0.15, -0.1) is 11.3 Å². The van der Waals surface area contributed by atoms with Crippen LogP contribution in [0.2, 0.25) is 0 Å². The SMILES string of the molecule is CC(C)C[C@H](NC(=O)[C@@H](NC(=O)Oc1ccccc1)C(C)C)C(=O)N[C@@H](C[C@@H]1CCNC1=O)C(=O)c1nccs1. The molecule has 1 aliphatic heterocycles. The van der Waals surface area contributed by atoms with E-state index in [-0.39, 0.29) is 35.0 Å². The Morgan fingerprint density at radius 3 is 2.30 bits per heavy atom. The Morgan fingerprint density at radius 2 is 1.73 bits per heavy atom. The maximum Gasteiger partial charge on any atom is 0.413 e. The van der Waals surface area contributed by atoms with Gasteiger partial charge in [0.2, 0.25) is 23.5 Å². The van der Waals surface area contributed by atoms with Gasteiger partial charge in [-0.05, 0) is 43.2 Å². The molecule has 40 heavy (non-hydrogen) atoms. The normalized spacial score (nSPS) is 17.1. The molecule has 216 valence electrons. The summed E-state index contributed by atoms with van der Waals surface area (Å²) in [4.78, 5) is 68.8. The van der Waals surface area contributed by atoms with Gasteiger partial charge < -0.3 is 26.0 Å². The highest BCUT2D eigenvalue weighted by Crippen LogP contribution is 2.20. The number of thiazole rings is 1. The summed E-state index contributed by atoms with van der Waals surface area (Å²) >= 11 is 1.15. The number of para-hydroxylation sites is 1. The molecule has 1 saturated heterocycles. The Bertz CT molecular complexity index is 1170. The van der Waals surface area contributed by atoms with E-state index in [1.165, 1.54) is 6.20 Å². The monoisotopic (exact) mass is 571 g/mol. The maximum absolute atomic E-state index is 13.5. The molecule has 4 atom stereocenters. The summed E-state index contributed by atoms with van der Waals surface area (Å²) in [6.45, 7) is 7.85. The largest absolute Gasteiger partial charge is 0.413 e. The fourth-order valence-electron chi connectivity index (χ4n) is 4.40. The Labute approximate surface area is 237 Å². The number of carbonyl (C=O) groups excluding carboxylic acids is 5. The first kappa shape index (κ1) is 30.7. The average Bonchev–Trinajstić information content (AvgIpc) is 3.58. The third kappa shape index (κ3) is 8.87. The standard InChI is InChI=1S/C28H37N5O6S/c1-16(2)14-21(32-26(37)22(17(3)4)33-28(38)39-19-8-6-5-7-9-19)25(36)31-20(15-18-10-11-29-24(18)35)23(34)27-30-12-13-40-27/h5-9,12-13,16-18,20-22H,10-11,14-15H2,1-4H3,(H,29,35)(H,31,36)(H,32,37)(H,33,38)/t18-,20-,21-,22-/m0/s1. The fourth-order valence-corrected chi connectivity index (χ4v) is 5.03. The van der Waals surface area contributed by atoms with Gasteiger partial charge in [-0.2, -0.15) is 0 Å². The predicted octanol–water partition coefficient (Wildman–Crippen LogP) is 2.68. The molecule has 0 bridgehead atoms. The number of aromatic nitrogens is 1. The number of amides is 4. The molecule has 0 spiro atoms. The van der Waals surface area contributed by atoms with Crippen LogP contribution in [0.1, 0.15) is 56.8 Å². The number of ether oxygens (including phenoxy) is 1. The number of carbonyl (C=O) groups is 5. The van der Waals surface area contributed by atoms with Gasteiger partial charge >= 0.3 is 6.09 Å². The molecule has 1 aromatic heterocycles. The van der Waals surface area contributed by atoms with Crippen LogP contribution in [-0.2, 0) is 14.4 Å². The molecule has 3 rings (SSSR count). The predicted molar refractivity (Wildman–Crippen MR) is 150 cm³/mol. The molecule has 1 fully saturated rings. The summed E-state index contributed by atoms with van der Waals surface area (Å²) in [7, 11) is 0. The number of benzene rings is 1. The molecule has 0 unspecified atom stereocenters. The molecule has 4 N–H and O–H groups in total. The van der Waals surface area contributed by atoms with Crippen molar-refractivity contribution in [2.45, 2.75) is 65.1 Å². The third-order valence-electron chi connectivity index (χ3n) is 6.48. The molecule has 0 aliphatic carbocycles. The van der Waals surface area contributed by atoms with E-state index < -0.39 is 42.0 Å². The summed E-state index contributed by atoms with van der Waals surface area (Å²) in [6.07, 6.45) is 1.68. The minimum absolute atomic E-state index is 0.0262. The highest BCUT2D eigenvalue weighted by molar-refractivity contribution is 7.11. The zero-order valence-electron chi connectivity index (χ0n) is 23.1. The van der Waals surface area contributed by atoms with E-state index in [0.29, 0.717) is 25.1 Å². The second-order valence-electron chi connectivity index (χ2n) is 10.5. The third-order valence-corrected chi connectivity index (χ3v) is 7.26. The summed E-state index contributed by atoms with van der Waals surface area (Å²) in [6, 6.07) is 5.51. The van der Waals surface area contributed by atoms with Gasteiger partial charge in [0.15, 0.2) is 5.01 Å². The molecule has 0 radical (unpaired) electrons.